The van der Waals surface area contributed by atoms with Gasteiger partial charge in [0.2, 0.25) is 0 Å². The number of amides is 1. The topological polar surface area (TPSA) is 82.8 Å². The van der Waals surface area contributed by atoms with Crippen LogP contribution in [-0.2, 0) is 0 Å². The van der Waals surface area contributed by atoms with Crippen molar-refractivity contribution in [2.75, 3.05) is 24.3 Å². The molecule has 1 aromatic carbocycles. The summed E-state index contributed by atoms with van der Waals surface area (Å²) < 4.78 is 5.51. The van der Waals surface area contributed by atoms with Crippen LogP contribution < -0.4 is 15.6 Å². The fraction of sp³-hybridized carbons (Fsp3) is 0.167. The highest BCUT2D eigenvalue weighted by Gasteiger charge is 2.07. The number of hydrogen-bond acceptors (Lipinski definition) is 4. The lowest BCUT2D eigenvalue weighted by Crippen LogP contribution is -2.12. The number of anilines is 2. The van der Waals surface area contributed by atoms with Gasteiger partial charge in [-0.05, 0) is 18.2 Å². The molecule has 0 fully saturated rings. The molecule has 1 heterocycles. The largest absolute Gasteiger partial charge is 0.465 e. The molecule has 0 atom stereocenters. The zero-order valence-corrected chi connectivity index (χ0v) is 9.93. The van der Waals surface area contributed by atoms with Crippen LogP contribution in [0.25, 0.3) is 11.0 Å². The maximum absolute atomic E-state index is 11.9. The van der Waals surface area contributed by atoms with E-state index in [1.165, 1.54) is 12.1 Å². The number of nitrogens with zero attached hydrogens (tertiary/aromatic N) is 1. The van der Waals surface area contributed by atoms with Gasteiger partial charge in [0.1, 0.15) is 5.58 Å². The van der Waals surface area contributed by atoms with Crippen LogP contribution >= 0.6 is 0 Å². The summed E-state index contributed by atoms with van der Waals surface area (Å²) in [6.07, 6.45) is -1.18. The Morgan fingerprint density at radius 3 is 2.67 bits per heavy atom. The molecule has 6 nitrogen and oxygen atoms in total. The summed E-state index contributed by atoms with van der Waals surface area (Å²) in [5.74, 6) is 0.450. The van der Waals surface area contributed by atoms with Crippen LogP contribution in [0.4, 0.5) is 16.4 Å². The van der Waals surface area contributed by atoms with Gasteiger partial charge in [-0.25, -0.2) is 4.79 Å². The van der Waals surface area contributed by atoms with E-state index < -0.39 is 6.09 Å². The van der Waals surface area contributed by atoms with Crippen molar-refractivity contribution in [3.05, 3.63) is 34.5 Å². The minimum absolute atomic E-state index is 0.214. The first-order chi connectivity index (χ1) is 8.47. The summed E-state index contributed by atoms with van der Waals surface area (Å²) in [7, 11) is 3.54. The molecule has 2 rings (SSSR count). The van der Waals surface area contributed by atoms with Crippen molar-refractivity contribution in [3.8, 4) is 0 Å². The van der Waals surface area contributed by atoms with E-state index in [-0.39, 0.29) is 5.43 Å². The fourth-order valence-electron chi connectivity index (χ4n) is 1.57. The van der Waals surface area contributed by atoms with E-state index in [4.69, 9.17) is 9.52 Å². The van der Waals surface area contributed by atoms with Crippen LogP contribution in [-0.4, -0.2) is 25.3 Å². The molecule has 18 heavy (non-hydrogen) atoms. The van der Waals surface area contributed by atoms with E-state index in [2.05, 4.69) is 5.32 Å². The monoisotopic (exact) mass is 248 g/mol. The average Bonchev–Trinajstić information content (AvgIpc) is 2.28. The third-order valence-electron chi connectivity index (χ3n) is 2.41. The molecule has 6 heteroatoms. The minimum Gasteiger partial charge on any atom is -0.465 e. The van der Waals surface area contributed by atoms with Gasteiger partial charge >= 0.3 is 6.09 Å². The van der Waals surface area contributed by atoms with Gasteiger partial charge in [-0.15, -0.1) is 0 Å². The number of rotatable bonds is 2. The van der Waals surface area contributed by atoms with Crippen molar-refractivity contribution in [2.24, 2.45) is 0 Å². The number of benzene rings is 1. The van der Waals surface area contributed by atoms with Gasteiger partial charge in [0.25, 0.3) is 0 Å². The van der Waals surface area contributed by atoms with E-state index in [1.807, 2.05) is 0 Å². The fourth-order valence-corrected chi connectivity index (χ4v) is 1.57. The van der Waals surface area contributed by atoms with Crippen molar-refractivity contribution in [1.82, 2.24) is 0 Å². The van der Waals surface area contributed by atoms with E-state index in [0.717, 1.165) is 0 Å². The number of nitrogens with one attached hydrogen (secondary N) is 1. The van der Waals surface area contributed by atoms with Gasteiger partial charge in [-0.1, -0.05) is 0 Å². The van der Waals surface area contributed by atoms with Gasteiger partial charge in [-0.2, -0.15) is 0 Å². The lowest BCUT2D eigenvalue weighted by Gasteiger charge is -2.11. The Balaban J connectivity index is 2.58. The summed E-state index contributed by atoms with van der Waals surface area (Å²) in [6, 6.07) is 5.93. The standard InChI is InChI=1S/C12H12N2O4/c1-14(2)11-6-9(15)8-5-7(13-12(16)17)3-4-10(8)18-11/h3-6,13H,1-2H3,(H,16,17). The molecule has 1 aromatic heterocycles. The normalized spacial score (nSPS) is 10.3. The molecule has 2 N–H and O–H groups in total. The van der Waals surface area contributed by atoms with Crippen LogP contribution in [0.15, 0.2) is 33.5 Å². The number of carboxylic acid groups (broad SMARTS) is 1. The molecule has 0 spiro atoms. The van der Waals surface area contributed by atoms with Crippen LogP contribution in [0.3, 0.4) is 0 Å². The van der Waals surface area contributed by atoms with E-state index in [9.17, 15) is 9.59 Å². The molecule has 0 bridgehead atoms. The minimum atomic E-state index is -1.18. The maximum Gasteiger partial charge on any atom is 0.409 e. The van der Waals surface area contributed by atoms with Gasteiger partial charge < -0.3 is 14.4 Å². The maximum atomic E-state index is 11.9. The molecular weight excluding hydrogens is 236 g/mol. The third-order valence-corrected chi connectivity index (χ3v) is 2.41. The van der Waals surface area contributed by atoms with Crippen LogP contribution in [0, 0.1) is 0 Å². The number of hydrogen-bond donors (Lipinski definition) is 2. The number of carbonyl (C=O) groups is 1. The second kappa shape index (κ2) is 4.40. The molecule has 0 aliphatic carbocycles. The van der Waals surface area contributed by atoms with E-state index in [0.29, 0.717) is 22.5 Å². The van der Waals surface area contributed by atoms with Crippen LogP contribution in [0.2, 0.25) is 0 Å². The lowest BCUT2D eigenvalue weighted by atomic mass is 10.2. The molecule has 1 amide bonds. The predicted octanol–water partition coefficient (Wildman–Crippen LogP) is 1.95. The first-order valence-electron chi connectivity index (χ1n) is 5.22. The highest BCUT2D eigenvalue weighted by Crippen LogP contribution is 2.20. The summed E-state index contributed by atoms with van der Waals surface area (Å²) >= 11 is 0. The Labute approximate surface area is 102 Å². The molecule has 0 saturated heterocycles. The van der Waals surface area contributed by atoms with Gasteiger partial charge in [0.05, 0.1) is 5.39 Å². The molecule has 0 radical (unpaired) electrons. The molecule has 2 aromatic rings. The van der Waals surface area contributed by atoms with Crippen LogP contribution in [0.1, 0.15) is 0 Å². The molecule has 0 aliphatic rings. The van der Waals surface area contributed by atoms with Crippen molar-refractivity contribution in [2.45, 2.75) is 0 Å². The van der Waals surface area contributed by atoms with Gasteiger partial charge in [0, 0.05) is 25.8 Å². The lowest BCUT2D eigenvalue weighted by molar-refractivity contribution is 0.210. The molecular formula is C12H12N2O4. The van der Waals surface area contributed by atoms with Crippen LogP contribution in [0.5, 0.6) is 0 Å². The average molecular weight is 248 g/mol. The van der Waals surface area contributed by atoms with E-state index >= 15 is 0 Å². The SMILES string of the molecule is CN(C)c1cc(=O)c2cc(NC(=O)O)ccc2o1. The van der Waals surface area contributed by atoms with E-state index in [1.54, 1.807) is 31.1 Å². The highest BCUT2D eigenvalue weighted by atomic mass is 16.4. The van der Waals surface area contributed by atoms with Crippen molar-refractivity contribution in [3.63, 3.8) is 0 Å². The third kappa shape index (κ3) is 2.27. The summed E-state index contributed by atoms with van der Waals surface area (Å²) in [4.78, 5) is 24.1. The summed E-state index contributed by atoms with van der Waals surface area (Å²) in [5.41, 5.74) is 0.538. The Hall–Kier alpha value is -2.50. The Bertz CT molecular complexity index is 661. The first-order valence-corrected chi connectivity index (χ1v) is 5.22. The predicted molar refractivity (Wildman–Crippen MR) is 68.5 cm³/mol. The molecule has 0 unspecified atom stereocenters. The Kier molecular flexibility index (Phi) is 2.93. The van der Waals surface area contributed by atoms with Crippen molar-refractivity contribution >= 4 is 28.6 Å². The van der Waals surface area contributed by atoms with Crippen molar-refractivity contribution in [1.29, 1.82) is 0 Å². The molecule has 94 valence electrons. The zero-order chi connectivity index (χ0) is 13.3. The molecule has 0 aliphatic heterocycles. The number of fused-ring (bicyclic) bond motifs is 1. The summed E-state index contributed by atoms with van der Waals surface area (Å²) in [6.45, 7) is 0. The van der Waals surface area contributed by atoms with Crippen molar-refractivity contribution < 1.29 is 14.3 Å². The second-order valence-corrected chi connectivity index (χ2v) is 3.98. The first kappa shape index (κ1) is 12.0. The zero-order valence-electron chi connectivity index (χ0n) is 9.93. The Morgan fingerprint density at radius 1 is 1.33 bits per heavy atom. The second-order valence-electron chi connectivity index (χ2n) is 3.98. The summed E-state index contributed by atoms with van der Waals surface area (Å²) in [5, 5.41) is 11.1. The van der Waals surface area contributed by atoms with Gasteiger partial charge in [-0.3, -0.25) is 10.1 Å². The quantitative estimate of drug-likeness (QED) is 0.848. The molecule has 0 saturated carbocycles. The smallest absolute Gasteiger partial charge is 0.409 e. The Morgan fingerprint density at radius 2 is 2.06 bits per heavy atom. The highest BCUT2D eigenvalue weighted by molar-refractivity contribution is 5.88. The van der Waals surface area contributed by atoms with Gasteiger partial charge in [0.15, 0.2) is 11.3 Å².